The first kappa shape index (κ1) is 46.6. The van der Waals surface area contributed by atoms with E-state index in [1.54, 1.807) is 7.11 Å². The van der Waals surface area contributed by atoms with Crippen molar-refractivity contribution >= 4 is 6.09 Å². The fourth-order valence-corrected chi connectivity index (χ4v) is 5.32. The largest absolute Gasteiger partial charge is 0.449 e. The van der Waals surface area contributed by atoms with Gasteiger partial charge in [-0.1, -0.05) is 48.5 Å². The number of fused-ring (bicyclic) bond motifs is 3. The Kier molecular flexibility index (Phi) is 28.3. The lowest BCUT2D eigenvalue weighted by Crippen LogP contribution is -2.29. The summed E-state index contributed by atoms with van der Waals surface area (Å²) in [6, 6.07) is 16.5. The molecule has 0 heterocycles. The summed E-state index contributed by atoms with van der Waals surface area (Å²) in [4.78, 5) is 12.2. The summed E-state index contributed by atoms with van der Waals surface area (Å²) in [5.74, 6) is 0.0361. The first-order chi connectivity index (χ1) is 27.3. The zero-order chi connectivity index (χ0) is 38.7. The molecule has 0 saturated carbocycles. The summed E-state index contributed by atoms with van der Waals surface area (Å²) in [5.41, 5.74) is 4.77. The number of nitrogens with one attached hydrogen (secondary N) is 1. The summed E-state index contributed by atoms with van der Waals surface area (Å²) >= 11 is 0. The summed E-state index contributed by atoms with van der Waals surface area (Å²) in [6.07, 6.45) is -0.453. The molecule has 1 amide bonds. The molecule has 2 aromatic carbocycles. The van der Waals surface area contributed by atoms with E-state index < -0.39 is 6.09 Å². The van der Waals surface area contributed by atoms with Crippen molar-refractivity contribution in [1.29, 1.82) is 0 Å². The molecule has 0 aromatic heterocycles. The van der Waals surface area contributed by atoms with Crippen LogP contribution < -0.4 is 5.32 Å². The second-order valence-electron chi connectivity index (χ2n) is 12.0. The van der Waals surface area contributed by atoms with Crippen LogP contribution in [0.4, 0.5) is 4.79 Å². The third kappa shape index (κ3) is 22.5. The predicted octanol–water partition coefficient (Wildman–Crippen LogP) is 3.35. The van der Waals surface area contributed by atoms with Crippen molar-refractivity contribution < 1.29 is 66.4 Å². The average molecular weight is 782 g/mol. The maximum absolute atomic E-state index is 12.2. The molecule has 0 unspecified atom stereocenters. The van der Waals surface area contributed by atoms with Gasteiger partial charge in [-0.2, -0.15) is 0 Å². The summed E-state index contributed by atoms with van der Waals surface area (Å²) in [5, 5.41) is 2.74. The lowest BCUT2D eigenvalue weighted by Gasteiger charge is -2.14. The van der Waals surface area contributed by atoms with Gasteiger partial charge in [-0.25, -0.2) is 4.79 Å². The zero-order valence-electron chi connectivity index (χ0n) is 32.6. The molecule has 0 spiro atoms. The van der Waals surface area contributed by atoms with Gasteiger partial charge in [-0.15, -0.1) is 0 Å². The number of benzene rings is 2. The molecule has 15 nitrogen and oxygen atoms in total. The number of ether oxygens (including phenoxy) is 13. The third-order valence-corrected chi connectivity index (χ3v) is 8.01. The minimum Gasteiger partial charge on any atom is -0.449 e. The Balaban J connectivity index is 0.941. The molecule has 15 heteroatoms. The van der Waals surface area contributed by atoms with Crippen molar-refractivity contribution in [1.82, 2.24) is 5.32 Å². The van der Waals surface area contributed by atoms with Gasteiger partial charge < -0.3 is 66.9 Å². The Bertz CT molecular complexity index is 1160. The van der Waals surface area contributed by atoms with E-state index in [1.165, 1.54) is 22.3 Å². The second kappa shape index (κ2) is 33.4. The number of hydrogen-bond donors (Lipinski definition) is 1. The highest BCUT2D eigenvalue weighted by atomic mass is 16.6. The minimum absolute atomic E-state index is 0.0361. The molecule has 0 atom stereocenters. The van der Waals surface area contributed by atoms with Crippen LogP contribution in [0.2, 0.25) is 0 Å². The second-order valence-corrected chi connectivity index (χ2v) is 12.0. The fraction of sp³-hybridized carbons (Fsp3) is 0.675. The van der Waals surface area contributed by atoms with E-state index >= 15 is 0 Å². The highest BCUT2D eigenvalue weighted by Crippen LogP contribution is 2.44. The average Bonchev–Trinajstić information content (AvgIpc) is 3.53. The molecule has 2 aromatic rings. The van der Waals surface area contributed by atoms with E-state index in [0.29, 0.717) is 159 Å². The molecule has 1 N–H and O–H groups in total. The monoisotopic (exact) mass is 781 g/mol. The van der Waals surface area contributed by atoms with Crippen molar-refractivity contribution in [3.8, 4) is 11.1 Å². The van der Waals surface area contributed by atoms with Gasteiger partial charge >= 0.3 is 6.09 Å². The van der Waals surface area contributed by atoms with Gasteiger partial charge in [0.05, 0.1) is 152 Å². The number of amides is 1. The zero-order valence-corrected chi connectivity index (χ0v) is 32.6. The number of alkyl carbamates (subject to hydrolysis) is 1. The number of rotatable bonds is 38. The SMILES string of the molecule is COCCOCCOCCOCCOCCOCCOCCOCCOCCOCCOCCOCCNC(=O)OCC1c2ccccc2-c2ccccc21. The highest BCUT2D eigenvalue weighted by Gasteiger charge is 2.28. The summed E-state index contributed by atoms with van der Waals surface area (Å²) in [6.45, 7) is 12.1. The highest BCUT2D eigenvalue weighted by molar-refractivity contribution is 5.79. The fourth-order valence-electron chi connectivity index (χ4n) is 5.32. The Hall–Kier alpha value is -2.77. The van der Waals surface area contributed by atoms with E-state index in [4.69, 9.17) is 61.6 Å². The van der Waals surface area contributed by atoms with E-state index in [-0.39, 0.29) is 12.5 Å². The van der Waals surface area contributed by atoms with Crippen molar-refractivity contribution in [2.45, 2.75) is 5.92 Å². The van der Waals surface area contributed by atoms with Crippen LogP contribution in [-0.4, -0.2) is 178 Å². The number of methoxy groups -OCH3 is 1. The van der Waals surface area contributed by atoms with Crippen LogP contribution in [0.1, 0.15) is 17.0 Å². The van der Waals surface area contributed by atoms with Gasteiger partial charge in [0, 0.05) is 19.6 Å². The first-order valence-electron chi connectivity index (χ1n) is 19.2. The standard InChI is InChI=1S/C40H63NO14/c1-43-12-13-45-16-17-47-20-21-49-24-25-51-28-29-53-32-33-54-31-30-52-27-26-50-23-22-48-19-18-46-15-14-44-11-10-41-40(42)55-34-39-37-8-4-2-6-35(37)36-7-3-5-9-38(36)39/h2-9,39H,10-34H2,1H3,(H,41,42). The van der Waals surface area contributed by atoms with E-state index in [9.17, 15) is 4.79 Å². The lowest BCUT2D eigenvalue weighted by atomic mass is 9.98. The maximum Gasteiger partial charge on any atom is 0.407 e. The Morgan fingerprint density at radius 1 is 0.436 bits per heavy atom. The summed E-state index contributed by atoms with van der Waals surface area (Å²) in [7, 11) is 1.64. The van der Waals surface area contributed by atoms with Gasteiger partial charge in [0.15, 0.2) is 0 Å². The molecular formula is C40H63NO14. The molecule has 3 rings (SSSR count). The normalized spacial score (nSPS) is 12.2. The van der Waals surface area contributed by atoms with Crippen LogP contribution in [0.25, 0.3) is 11.1 Å². The molecule has 1 aliphatic carbocycles. The molecule has 0 saturated heterocycles. The first-order valence-corrected chi connectivity index (χ1v) is 19.2. The smallest absolute Gasteiger partial charge is 0.407 e. The molecule has 312 valence electrons. The third-order valence-electron chi connectivity index (χ3n) is 8.01. The number of carbonyl (C=O) groups is 1. The van der Waals surface area contributed by atoms with Crippen LogP contribution >= 0.6 is 0 Å². The topological polar surface area (TPSA) is 149 Å². The molecular weight excluding hydrogens is 718 g/mol. The Morgan fingerprint density at radius 2 is 0.727 bits per heavy atom. The van der Waals surface area contributed by atoms with Crippen molar-refractivity contribution in [3.63, 3.8) is 0 Å². The number of carbonyl (C=O) groups excluding carboxylic acids is 1. The van der Waals surface area contributed by atoms with Crippen LogP contribution in [0.5, 0.6) is 0 Å². The van der Waals surface area contributed by atoms with Crippen LogP contribution in [-0.2, 0) is 61.6 Å². The van der Waals surface area contributed by atoms with Crippen molar-refractivity contribution in [2.75, 3.05) is 172 Å². The van der Waals surface area contributed by atoms with Gasteiger partial charge in [-0.05, 0) is 22.3 Å². The van der Waals surface area contributed by atoms with E-state index in [0.717, 1.165) is 0 Å². The van der Waals surface area contributed by atoms with E-state index in [1.807, 2.05) is 24.3 Å². The molecule has 0 fully saturated rings. The van der Waals surface area contributed by atoms with Gasteiger partial charge in [0.1, 0.15) is 6.61 Å². The molecule has 0 bridgehead atoms. The molecule has 0 aliphatic heterocycles. The van der Waals surface area contributed by atoms with Gasteiger partial charge in [0.2, 0.25) is 0 Å². The van der Waals surface area contributed by atoms with Crippen LogP contribution in [0.3, 0.4) is 0 Å². The quantitative estimate of drug-likeness (QED) is 0.0993. The van der Waals surface area contributed by atoms with Crippen molar-refractivity contribution in [3.05, 3.63) is 59.7 Å². The Morgan fingerprint density at radius 3 is 1.05 bits per heavy atom. The molecule has 1 aliphatic rings. The van der Waals surface area contributed by atoms with Gasteiger partial charge in [0.25, 0.3) is 0 Å². The van der Waals surface area contributed by atoms with Crippen molar-refractivity contribution in [2.24, 2.45) is 0 Å². The molecule has 55 heavy (non-hydrogen) atoms. The number of hydrogen-bond acceptors (Lipinski definition) is 14. The van der Waals surface area contributed by atoms with Crippen LogP contribution in [0.15, 0.2) is 48.5 Å². The minimum atomic E-state index is -0.453. The Labute approximate surface area is 326 Å². The summed E-state index contributed by atoms with van der Waals surface area (Å²) < 4.78 is 70.6. The van der Waals surface area contributed by atoms with E-state index in [2.05, 4.69) is 29.6 Å². The predicted molar refractivity (Wildman–Crippen MR) is 204 cm³/mol. The van der Waals surface area contributed by atoms with Crippen LogP contribution in [0, 0.1) is 0 Å². The van der Waals surface area contributed by atoms with Gasteiger partial charge in [-0.3, -0.25) is 0 Å². The maximum atomic E-state index is 12.2. The lowest BCUT2D eigenvalue weighted by molar-refractivity contribution is -0.0279. The molecule has 0 radical (unpaired) electrons.